The van der Waals surface area contributed by atoms with E-state index in [1.165, 1.54) is 11.1 Å². The topological polar surface area (TPSA) is 39.3 Å². The van der Waals surface area contributed by atoms with Crippen LogP contribution in [-0.4, -0.2) is 21.4 Å². The summed E-state index contributed by atoms with van der Waals surface area (Å²) < 4.78 is 9.13. The van der Waals surface area contributed by atoms with E-state index < -0.39 is 0 Å². The predicted octanol–water partition coefficient (Wildman–Crippen LogP) is 5.30. The largest absolute Gasteiger partial charge is 0.497 e. The van der Waals surface area contributed by atoms with Crippen molar-refractivity contribution in [3.05, 3.63) is 101 Å². The first-order valence-corrected chi connectivity index (χ1v) is 9.37. The van der Waals surface area contributed by atoms with Gasteiger partial charge >= 0.3 is 0 Å². The lowest BCUT2D eigenvalue weighted by atomic mass is 10.0. The molecule has 4 rings (SSSR count). The minimum atomic E-state index is 0.0866. The van der Waals surface area contributed by atoms with Crippen LogP contribution in [0.25, 0.3) is 11.4 Å². The van der Waals surface area contributed by atoms with Gasteiger partial charge in [0.2, 0.25) is 5.88 Å². The van der Waals surface area contributed by atoms with Gasteiger partial charge in [0.05, 0.1) is 19.0 Å². The van der Waals surface area contributed by atoms with Crippen LogP contribution >= 0.6 is 12.2 Å². The third kappa shape index (κ3) is 3.57. The Morgan fingerprint density at radius 3 is 2.07 bits per heavy atom. The Labute approximate surface area is 168 Å². The number of aromatic nitrogens is 2. The van der Waals surface area contributed by atoms with E-state index in [1.807, 2.05) is 54.6 Å². The molecule has 0 atom stereocenters. The van der Waals surface area contributed by atoms with E-state index in [0.29, 0.717) is 4.77 Å². The second kappa shape index (κ2) is 7.74. The molecule has 140 valence electrons. The normalized spacial score (nSPS) is 10.8. The molecule has 1 heterocycles. The molecule has 0 aliphatic heterocycles. The molecule has 0 bridgehead atoms. The van der Waals surface area contributed by atoms with E-state index in [4.69, 9.17) is 17.0 Å². The summed E-state index contributed by atoms with van der Waals surface area (Å²) in [5, 5.41) is 10.4. The third-order valence-corrected chi connectivity index (χ3v) is 5.05. The molecule has 1 aromatic heterocycles. The number of ether oxygens (including phenoxy) is 1. The van der Waals surface area contributed by atoms with Crippen molar-refractivity contribution in [3.63, 3.8) is 0 Å². The molecule has 3 aromatic carbocycles. The molecule has 0 saturated heterocycles. The van der Waals surface area contributed by atoms with Crippen molar-refractivity contribution in [2.24, 2.45) is 0 Å². The maximum atomic E-state index is 10.4. The molecule has 0 saturated carbocycles. The summed E-state index contributed by atoms with van der Waals surface area (Å²) in [6, 6.07) is 26.0. The van der Waals surface area contributed by atoms with E-state index in [-0.39, 0.29) is 5.88 Å². The van der Waals surface area contributed by atoms with Gasteiger partial charge in [-0.3, -0.25) is 9.13 Å². The molecule has 0 fully saturated rings. The first-order chi connectivity index (χ1) is 13.7. The molecular formula is C23H20N2O2S. The molecule has 1 N–H and O–H groups in total. The van der Waals surface area contributed by atoms with Gasteiger partial charge in [-0.25, -0.2) is 0 Å². The second-order valence-electron chi connectivity index (χ2n) is 6.50. The molecule has 4 aromatic rings. The highest BCUT2D eigenvalue weighted by Gasteiger charge is 2.11. The Morgan fingerprint density at radius 2 is 1.43 bits per heavy atom. The molecule has 28 heavy (non-hydrogen) atoms. The average molecular weight is 388 g/mol. The summed E-state index contributed by atoms with van der Waals surface area (Å²) in [5.41, 5.74) is 4.18. The number of aromatic hydroxyl groups is 1. The van der Waals surface area contributed by atoms with Crippen molar-refractivity contribution in [1.29, 1.82) is 0 Å². The highest BCUT2D eigenvalue weighted by molar-refractivity contribution is 7.71. The number of nitrogens with zero attached hydrogens (tertiary/aromatic N) is 2. The third-order valence-electron chi connectivity index (χ3n) is 4.67. The summed E-state index contributed by atoms with van der Waals surface area (Å²) in [5.74, 6) is 0.840. The van der Waals surface area contributed by atoms with Gasteiger partial charge in [0, 0.05) is 5.69 Å². The first-order valence-electron chi connectivity index (χ1n) is 8.97. The van der Waals surface area contributed by atoms with Crippen molar-refractivity contribution >= 4 is 12.2 Å². The summed E-state index contributed by atoms with van der Waals surface area (Å²) in [6.07, 6.45) is 2.52. The first kappa shape index (κ1) is 18.1. The smallest absolute Gasteiger partial charge is 0.215 e. The van der Waals surface area contributed by atoms with E-state index in [1.54, 1.807) is 22.4 Å². The fourth-order valence-corrected chi connectivity index (χ4v) is 3.56. The Hall–Kier alpha value is -3.31. The monoisotopic (exact) mass is 388 g/mol. The van der Waals surface area contributed by atoms with Crippen LogP contribution in [0.4, 0.5) is 0 Å². The molecule has 0 amide bonds. The van der Waals surface area contributed by atoms with Gasteiger partial charge in [0.25, 0.3) is 0 Å². The van der Waals surface area contributed by atoms with Crippen LogP contribution < -0.4 is 4.74 Å². The number of benzene rings is 3. The highest BCUT2D eigenvalue weighted by atomic mass is 32.1. The zero-order chi connectivity index (χ0) is 19.5. The lowest BCUT2D eigenvalue weighted by Gasteiger charge is -2.07. The zero-order valence-corrected chi connectivity index (χ0v) is 16.3. The van der Waals surface area contributed by atoms with Crippen LogP contribution in [0.3, 0.4) is 0 Å². The number of methoxy groups -OCH3 is 1. The maximum Gasteiger partial charge on any atom is 0.215 e. The van der Waals surface area contributed by atoms with Crippen molar-refractivity contribution in [2.45, 2.75) is 6.42 Å². The number of imidazole rings is 1. The SMILES string of the molecule is COc1ccc(-n2c(O)cn(-c3ccc(Cc4ccccc4)cc3)c2=S)cc1. The Bertz CT molecular complexity index is 1130. The van der Waals surface area contributed by atoms with Crippen LogP contribution in [0.2, 0.25) is 0 Å². The molecular weight excluding hydrogens is 368 g/mol. The molecule has 0 spiro atoms. The van der Waals surface area contributed by atoms with E-state index in [2.05, 4.69) is 24.3 Å². The zero-order valence-electron chi connectivity index (χ0n) is 15.4. The number of hydrogen-bond donors (Lipinski definition) is 1. The lowest BCUT2D eigenvalue weighted by molar-refractivity contribution is 0.414. The molecule has 4 nitrogen and oxygen atoms in total. The van der Waals surface area contributed by atoms with Gasteiger partial charge in [-0.1, -0.05) is 42.5 Å². The van der Waals surface area contributed by atoms with Crippen LogP contribution in [0, 0.1) is 4.77 Å². The second-order valence-corrected chi connectivity index (χ2v) is 6.87. The fourth-order valence-electron chi connectivity index (χ4n) is 3.20. The quantitative estimate of drug-likeness (QED) is 0.472. The van der Waals surface area contributed by atoms with Crippen LogP contribution in [0.1, 0.15) is 11.1 Å². The van der Waals surface area contributed by atoms with Crippen molar-refractivity contribution in [1.82, 2.24) is 9.13 Å². The van der Waals surface area contributed by atoms with Crippen LogP contribution in [0.5, 0.6) is 11.6 Å². The average Bonchev–Trinajstić information content (AvgIpc) is 3.03. The minimum Gasteiger partial charge on any atom is -0.497 e. The fraction of sp³-hybridized carbons (Fsp3) is 0.0870. The summed E-state index contributed by atoms with van der Waals surface area (Å²) in [6.45, 7) is 0. The molecule has 0 radical (unpaired) electrons. The van der Waals surface area contributed by atoms with E-state index in [9.17, 15) is 5.11 Å². The maximum absolute atomic E-state index is 10.4. The van der Waals surface area contributed by atoms with E-state index in [0.717, 1.165) is 23.5 Å². The van der Waals surface area contributed by atoms with Crippen molar-refractivity contribution in [3.8, 4) is 23.0 Å². The predicted molar refractivity (Wildman–Crippen MR) is 113 cm³/mol. The Kier molecular flexibility index (Phi) is 5.00. The molecule has 0 aliphatic carbocycles. The highest BCUT2D eigenvalue weighted by Crippen LogP contribution is 2.24. The number of rotatable bonds is 5. The van der Waals surface area contributed by atoms with Crippen molar-refractivity contribution < 1.29 is 9.84 Å². The summed E-state index contributed by atoms with van der Waals surface area (Å²) in [4.78, 5) is 0. The number of hydrogen-bond acceptors (Lipinski definition) is 3. The lowest BCUT2D eigenvalue weighted by Crippen LogP contribution is -1.98. The minimum absolute atomic E-state index is 0.0866. The van der Waals surface area contributed by atoms with Gasteiger partial charge in [0.1, 0.15) is 5.75 Å². The van der Waals surface area contributed by atoms with Gasteiger partial charge in [-0.2, -0.15) is 0 Å². The molecule has 0 aliphatic rings. The standard InChI is InChI=1S/C23H20N2O2S/c1-27-21-13-11-20(12-14-21)25-22(26)16-24(23(25)28)19-9-7-18(8-10-19)15-17-5-3-2-4-6-17/h2-14,16,26H,15H2,1H3. The van der Waals surface area contributed by atoms with Gasteiger partial charge in [0.15, 0.2) is 4.77 Å². The summed E-state index contributed by atoms with van der Waals surface area (Å²) in [7, 11) is 1.62. The summed E-state index contributed by atoms with van der Waals surface area (Å²) >= 11 is 5.61. The van der Waals surface area contributed by atoms with Gasteiger partial charge in [-0.15, -0.1) is 0 Å². The Balaban J connectivity index is 1.63. The van der Waals surface area contributed by atoms with Crippen LogP contribution in [-0.2, 0) is 6.42 Å². The Morgan fingerprint density at radius 1 is 0.821 bits per heavy atom. The van der Waals surface area contributed by atoms with E-state index >= 15 is 0 Å². The molecule has 5 heteroatoms. The van der Waals surface area contributed by atoms with Crippen LogP contribution in [0.15, 0.2) is 85.1 Å². The van der Waals surface area contributed by atoms with Crippen molar-refractivity contribution in [2.75, 3.05) is 7.11 Å². The van der Waals surface area contributed by atoms with Gasteiger partial charge < -0.3 is 9.84 Å². The van der Waals surface area contributed by atoms with Gasteiger partial charge in [-0.05, 0) is 66.2 Å². The molecule has 0 unspecified atom stereocenters.